The van der Waals surface area contributed by atoms with Gasteiger partial charge in [-0.3, -0.25) is 14.6 Å². The second-order valence-electron chi connectivity index (χ2n) is 4.34. The first kappa shape index (κ1) is 11.5. The molecule has 1 aliphatic rings. The Kier molecular flexibility index (Phi) is 3.89. The van der Waals surface area contributed by atoms with Crippen LogP contribution in [0.15, 0.2) is 0 Å². The molecule has 1 fully saturated rings. The van der Waals surface area contributed by atoms with Gasteiger partial charge in [-0.05, 0) is 20.9 Å². The summed E-state index contributed by atoms with van der Waals surface area (Å²) in [6.07, 6.45) is 0.475. The zero-order valence-electron chi connectivity index (χ0n) is 9.36. The van der Waals surface area contributed by atoms with E-state index < -0.39 is 0 Å². The monoisotopic (exact) mass is 199 g/mol. The lowest BCUT2D eigenvalue weighted by molar-refractivity contribution is -0.118. The zero-order valence-corrected chi connectivity index (χ0v) is 9.36. The highest BCUT2D eigenvalue weighted by Crippen LogP contribution is 2.12. The first-order chi connectivity index (χ1) is 6.50. The third kappa shape index (κ3) is 2.96. The highest BCUT2D eigenvalue weighted by molar-refractivity contribution is 5.73. The van der Waals surface area contributed by atoms with Gasteiger partial charge in [0.25, 0.3) is 0 Å². The number of amides is 1. The molecule has 0 saturated carbocycles. The minimum absolute atomic E-state index is 0.204. The van der Waals surface area contributed by atoms with Crippen molar-refractivity contribution in [3.8, 4) is 0 Å². The van der Waals surface area contributed by atoms with Crippen molar-refractivity contribution in [1.82, 2.24) is 9.80 Å². The van der Waals surface area contributed by atoms with Crippen molar-refractivity contribution in [2.45, 2.75) is 32.4 Å². The van der Waals surface area contributed by atoms with Crippen LogP contribution < -0.4 is 5.73 Å². The van der Waals surface area contributed by atoms with E-state index in [1.165, 1.54) is 0 Å². The van der Waals surface area contributed by atoms with Crippen molar-refractivity contribution in [2.75, 3.05) is 26.7 Å². The number of carbonyl (C=O) groups excluding carboxylic acids is 1. The zero-order chi connectivity index (χ0) is 10.7. The Morgan fingerprint density at radius 2 is 1.86 bits per heavy atom. The molecule has 0 unspecified atom stereocenters. The average Bonchev–Trinajstić information content (AvgIpc) is 2.10. The number of primary amides is 1. The Bertz CT molecular complexity index is 196. The van der Waals surface area contributed by atoms with E-state index in [2.05, 4.69) is 30.7 Å². The van der Waals surface area contributed by atoms with Gasteiger partial charge in [0.2, 0.25) is 5.91 Å². The van der Waals surface area contributed by atoms with E-state index in [1.54, 1.807) is 0 Å². The molecule has 0 aromatic heterocycles. The Hall–Kier alpha value is -0.610. The summed E-state index contributed by atoms with van der Waals surface area (Å²) >= 11 is 0. The molecular weight excluding hydrogens is 178 g/mol. The number of nitrogens with two attached hydrogens (primary N) is 1. The van der Waals surface area contributed by atoms with Crippen molar-refractivity contribution in [3.63, 3.8) is 0 Å². The lowest BCUT2D eigenvalue weighted by atomic mass is 10.1. The van der Waals surface area contributed by atoms with E-state index in [0.29, 0.717) is 18.5 Å². The molecule has 1 rings (SSSR count). The van der Waals surface area contributed by atoms with Gasteiger partial charge in [-0.2, -0.15) is 0 Å². The summed E-state index contributed by atoms with van der Waals surface area (Å²) < 4.78 is 0. The molecule has 4 nitrogen and oxygen atoms in total. The molecule has 2 atom stereocenters. The van der Waals surface area contributed by atoms with Gasteiger partial charge in [-0.25, -0.2) is 0 Å². The van der Waals surface area contributed by atoms with Crippen LogP contribution in [0.3, 0.4) is 0 Å². The summed E-state index contributed by atoms with van der Waals surface area (Å²) in [6.45, 7) is 7.31. The SMILES string of the molecule is C[C@@H]1CN(CCC(N)=O)C[C@H](C)N1C. The Morgan fingerprint density at radius 1 is 1.36 bits per heavy atom. The van der Waals surface area contributed by atoms with Crippen LogP contribution in [0, 0.1) is 0 Å². The number of hydrogen-bond donors (Lipinski definition) is 1. The van der Waals surface area contributed by atoms with E-state index >= 15 is 0 Å². The smallest absolute Gasteiger partial charge is 0.218 e. The third-order valence-corrected chi connectivity index (χ3v) is 3.11. The molecule has 4 heteroatoms. The summed E-state index contributed by atoms with van der Waals surface area (Å²) in [5.41, 5.74) is 5.13. The summed E-state index contributed by atoms with van der Waals surface area (Å²) in [6, 6.07) is 1.12. The van der Waals surface area contributed by atoms with Gasteiger partial charge >= 0.3 is 0 Å². The summed E-state index contributed by atoms with van der Waals surface area (Å²) in [5, 5.41) is 0. The highest BCUT2D eigenvalue weighted by atomic mass is 16.1. The van der Waals surface area contributed by atoms with E-state index in [4.69, 9.17) is 5.73 Å². The lowest BCUT2D eigenvalue weighted by Gasteiger charge is -2.42. The molecule has 1 aliphatic heterocycles. The van der Waals surface area contributed by atoms with Gasteiger partial charge < -0.3 is 5.73 Å². The van der Waals surface area contributed by atoms with Crippen molar-refractivity contribution in [3.05, 3.63) is 0 Å². The van der Waals surface area contributed by atoms with Crippen molar-refractivity contribution < 1.29 is 4.79 Å². The predicted molar refractivity (Wildman–Crippen MR) is 56.9 cm³/mol. The van der Waals surface area contributed by atoms with Crippen LogP contribution in [-0.2, 0) is 4.79 Å². The van der Waals surface area contributed by atoms with Crippen molar-refractivity contribution in [1.29, 1.82) is 0 Å². The molecule has 14 heavy (non-hydrogen) atoms. The Balaban J connectivity index is 2.38. The third-order valence-electron chi connectivity index (χ3n) is 3.11. The number of hydrogen-bond acceptors (Lipinski definition) is 3. The highest BCUT2D eigenvalue weighted by Gasteiger charge is 2.25. The molecule has 0 aromatic carbocycles. The van der Waals surface area contributed by atoms with Gasteiger partial charge in [0.15, 0.2) is 0 Å². The minimum Gasteiger partial charge on any atom is -0.370 e. The summed E-state index contributed by atoms with van der Waals surface area (Å²) in [5.74, 6) is -0.204. The molecule has 2 N–H and O–H groups in total. The number of carbonyl (C=O) groups is 1. The minimum atomic E-state index is -0.204. The molecule has 0 aliphatic carbocycles. The molecule has 1 heterocycles. The van der Waals surface area contributed by atoms with Gasteiger partial charge in [0.1, 0.15) is 0 Å². The molecule has 0 aromatic rings. The number of piperazine rings is 1. The van der Waals surface area contributed by atoms with Crippen LogP contribution in [-0.4, -0.2) is 54.5 Å². The largest absolute Gasteiger partial charge is 0.370 e. The number of rotatable bonds is 3. The molecule has 1 saturated heterocycles. The molecule has 82 valence electrons. The fraction of sp³-hybridized carbons (Fsp3) is 0.900. The van der Waals surface area contributed by atoms with E-state index in [-0.39, 0.29) is 5.91 Å². The molecule has 0 spiro atoms. The van der Waals surface area contributed by atoms with Crippen LogP contribution in [0.4, 0.5) is 0 Å². The maximum Gasteiger partial charge on any atom is 0.218 e. The first-order valence-corrected chi connectivity index (χ1v) is 5.23. The molecule has 0 radical (unpaired) electrons. The molecule has 1 amide bonds. The van der Waals surface area contributed by atoms with E-state index in [9.17, 15) is 4.79 Å². The second-order valence-corrected chi connectivity index (χ2v) is 4.34. The predicted octanol–water partition coefficient (Wildman–Crippen LogP) is -0.114. The maximum absolute atomic E-state index is 10.7. The maximum atomic E-state index is 10.7. The quantitative estimate of drug-likeness (QED) is 0.690. The van der Waals surface area contributed by atoms with Crippen LogP contribution >= 0.6 is 0 Å². The summed E-state index contributed by atoms with van der Waals surface area (Å²) in [7, 11) is 2.15. The Labute approximate surface area is 86.0 Å². The average molecular weight is 199 g/mol. The van der Waals surface area contributed by atoms with Crippen LogP contribution in [0.2, 0.25) is 0 Å². The van der Waals surface area contributed by atoms with Crippen LogP contribution in [0.25, 0.3) is 0 Å². The number of nitrogens with zero attached hydrogens (tertiary/aromatic N) is 2. The van der Waals surface area contributed by atoms with Crippen molar-refractivity contribution in [2.24, 2.45) is 5.73 Å². The molecule has 0 bridgehead atoms. The topological polar surface area (TPSA) is 49.6 Å². The fourth-order valence-electron chi connectivity index (χ4n) is 1.96. The molecular formula is C10H21N3O. The van der Waals surface area contributed by atoms with E-state index in [0.717, 1.165) is 19.6 Å². The number of likely N-dealkylation sites (N-methyl/N-ethyl adjacent to an activating group) is 1. The van der Waals surface area contributed by atoms with Gasteiger partial charge in [0.05, 0.1) is 0 Å². The summed E-state index contributed by atoms with van der Waals surface area (Å²) in [4.78, 5) is 15.3. The van der Waals surface area contributed by atoms with E-state index in [1.807, 2.05) is 0 Å². The second kappa shape index (κ2) is 4.75. The van der Waals surface area contributed by atoms with Crippen LogP contribution in [0.5, 0.6) is 0 Å². The van der Waals surface area contributed by atoms with Gasteiger partial charge in [0, 0.05) is 38.1 Å². The first-order valence-electron chi connectivity index (χ1n) is 5.23. The Morgan fingerprint density at radius 3 is 2.29 bits per heavy atom. The lowest BCUT2D eigenvalue weighted by Crippen LogP contribution is -2.55. The fourth-order valence-corrected chi connectivity index (χ4v) is 1.96. The standard InChI is InChI=1S/C10H21N3O/c1-8-6-13(5-4-10(11)14)7-9(2)12(8)3/h8-9H,4-7H2,1-3H3,(H2,11,14)/t8-,9+. The van der Waals surface area contributed by atoms with Crippen molar-refractivity contribution >= 4 is 5.91 Å². The van der Waals surface area contributed by atoms with Gasteiger partial charge in [-0.15, -0.1) is 0 Å². The van der Waals surface area contributed by atoms with Crippen LogP contribution in [0.1, 0.15) is 20.3 Å². The van der Waals surface area contributed by atoms with Gasteiger partial charge in [-0.1, -0.05) is 0 Å². The normalized spacial score (nSPS) is 30.5.